The fraction of sp³-hybridized carbons (Fsp3) is 0.350. The molecule has 7 heteroatoms. The van der Waals surface area contributed by atoms with Crippen molar-refractivity contribution in [1.29, 1.82) is 0 Å². The molecule has 0 saturated heterocycles. The number of aromatic nitrogens is 2. The summed E-state index contributed by atoms with van der Waals surface area (Å²) in [7, 11) is 1.59. The summed E-state index contributed by atoms with van der Waals surface area (Å²) in [5.41, 5.74) is 1.01. The first-order chi connectivity index (χ1) is 12.8. The number of furan rings is 1. The van der Waals surface area contributed by atoms with Gasteiger partial charge in [0, 0.05) is 7.05 Å². The molecule has 1 amide bonds. The van der Waals surface area contributed by atoms with Gasteiger partial charge in [0.25, 0.3) is 11.5 Å². The van der Waals surface area contributed by atoms with Crippen LogP contribution in [0.25, 0.3) is 11.1 Å². The summed E-state index contributed by atoms with van der Waals surface area (Å²) in [5, 5.41) is 3.12. The van der Waals surface area contributed by atoms with E-state index < -0.39 is 0 Å². The molecule has 7 nitrogen and oxygen atoms in total. The highest BCUT2D eigenvalue weighted by atomic mass is 16.5. The molecular weight excluding hydrogens is 346 g/mol. The Bertz CT molecular complexity index is 1030. The van der Waals surface area contributed by atoms with Crippen LogP contribution in [0, 0.1) is 6.92 Å². The van der Waals surface area contributed by atoms with Crippen LogP contribution in [-0.4, -0.2) is 21.6 Å². The predicted octanol–water partition coefficient (Wildman–Crippen LogP) is 3.11. The van der Waals surface area contributed by atoms with Crippen LogP contribution in [0.2, 0.25) is 0 Å². The maximum atomic E-state index is 12.8. The standard InChI is InChI=1S/C20H23N3O4/c1-11(2)26-15-8-6-14(7-9-15)12(3)22-18(24)16-13(4)27-19-17(16)20(25)23(5)10-21-19/h6-12H,1-5H3,(H,22,24). The van der Waals surface area contributed by atoms with E-state index in [1.54, 1.807) is 14.0 Å². The lowest BCUT2D eigenvalue weighted by Gasteiger charge is -2.15. The summed E-state index contributed by atoms with van der Waals surface area (Å²) in [6.07, 6.45) is 1.47. The van der Waals surface area contributed by atoms with Gasteiger partial charge < -0.3 is 19.0 Å². The van der Waals surface area contributed by atoms with Gasteiger partial charge in [-0.2, -0.15) is 0 Å². The molecule has 1 aromatic carbocycles. The third kappa shape index (κ3) is 3.72. The third-order valence-electron chi connectivity index (χ3n) is 4.27. The number of nitrogens with zero attached hydrogens (tertiary/aromatic N) is 2. The van der Waals surface area contributed by atoms with Crippen LogP contribution in [0.3, 0.4) is 0 Å². The zero-order valence-corrected chi connectivity index (χ0v) is 16.1. The molecule has 3 aromatic rings. The summed E-state index contributed by atoms with van der Waals surface area (Å²) in [5.74, 6) is 0.774. The molecule has 1 unspecified atom stereocenters. The summed E-state index contributed by atoms with van der Waals surface area (Å²) in [4.78, 5) is 29.3. The Kier molecular flexibility index (Phi) is 5.03. The monoisotopic (exact) mass is 369 g/mol. The molecule has 0 spiro atoms. The highest BCUT2D eigenvalue weighted by Gasteiger charge is 2.23. The van der Waals surface area contributed by atoms with Gasteiger partial charge in [-0.3, -0.25) is 9.59 Å². The van der Waals surface area contributed by atoms with Crippen LogP contribution in [0.4, 0.5) is 0 Å². The minimum Gasteiger partial charge on any atom is -0.491 e. The van der Waals surface area contributed by atoms with Gasteiger partial charge in [-0.1, -0.05) is 12.1 Å². The number of nitrogens with one attached hydrogen (secondary N) is 1. The van der Waals surface area contributed by atoms with Crippen LogP contribution in [0.5, 0.6) is 5.75 Å². The molecule has 0 fully saturated rings. The zero-order valence-electron chi connectivity index (χ0n) is 16.1. The topological polar surface area (TPSA) is 86.4 Å². The van der Waals surface area contributed by atoms with Crippen molar-refractivity contribution in [2.24, 2.45) is 7.05 Å². The molecule has 2 aromatic heterocycles. The Hall–Kier alpha value is -3.09. The van der Waals surface area contributed by atoms with Crippen molar-refractivity contribution in [2.75, 3.05) is 0 Å². The average Bonchev–Trinajstić information content (AvgIpc) is 2.95. The maximum absolute atomic E-state index is 12.8. The number of carbonyl (C=O) groups is 1. The molecule has 3 rings (SSSR count). The first kappa shape index (κ1) is 18.7. The highest BCUT2D eigenvalue weighted by Crippen LogP contribution is 2.23. The Morgan fingerprint density at radius 1 is 1.22 bits per heavy atom. The van der Waals surface area contributed by atoms with E-state index in [4.69, 9.17) is 9.15 Å². The van der Waals surface area contributed by atoms with E-state index >= 15 is 0 Å². The first-order valence-electron chi connectivity index (χ1n) is 8.80. The normalized spacial score (nSPS) is 12.4. The predicted molar refractivity (Wildman–Crippen MR) is 102 cm³/mol. The second kappa shape index (κ2) is 7.26. The van der Waals surface area contributed by atoms with E-state index in [1.807, 2.05) is 45.0 Å². The number of rotatable bonds is 5. The summed E-state index contributed by atoms with van der Waals surface area (Å²) in [6.45, 7) is 7.46. The smallest absolute Gasteiger partial charge is 0.265 e. The number of carbonyl (C=O) groups excluding carboxylic acids is 1. The van der Waals surface area contributed by atoms with Crippen LogP contribution in [-0.2, 0) is 7.05 Å². The van der Waals surface area contributed by atoms with Gasteiger partial charge in [0.1, 0.15) is 23.2 Å². The average molecular weight is 369 g/mol. The van der Waals surface area contributed by atoms with Crippen molar-refractivity contribution in [3.05, 3.63) is 57.8 Å². The van der Waals surface area contributed by atoms with Crippen LogP contribution >= 0.6 is 0 Å². The number of fused-ring (bicyclic) bond motifs is 1. The van der Waals surface area contributed by atoms with Crippen molar-refractivity contribution in [3.63, 3.8) is 0 Å². The highest BCUT2D eigenvalue weighted by molar-refractivity contribution is 6.06. The van der Waals surface area contributed by atoms with E-state index in [0.717, 1.165) is 11.3 Å². The largest absolute Gasteiger partial charge is 0.491 e. The quantitative estimate of drug-likeness (QED) is 0.747. The lowest BCUT2D eigenvalue weighted by molar-refractivity contribution is 0.0939. The molecule has 1 N–H and O–H groups in total. The number of aryl methyl sites for hydroxylation is 2. The Labute approximate surface area is 157 Å². The zero-order chi connectivity index (χ0) is 19.7. The van der Waals surface area contributed by atoms with Crippen molar-refractivity contribution >= 4 is 17.0 Å². The number of hydrogen-bond donors (Lipinski definition) is 1. The van der Waals surface area contributed by atoms with E-state index in [2.05, 4.69) is 10.3 Å². The van der Waals surface area contributed by atoms with Crippen molar-refractivity contribution in [1.82, 2.24) is 14.9 Å². The molecule has 1 atom stereocenters. The maximum Gasteiger partial charge on any atom is 0.265 e. The molecule has 0 aliphatic rings. The van der Waals surface area contributed by atoms with Crippen LogP contribution < -0.4 is 15.6 Å². The van der Waals surface area contributed by atoms with Crippen LogP contribution in [0.1, 0.15) is 48.5 Å². The van der Waals surface area contributed by atoms with Crippen LogP contribution in [0.15, 0.2) is 39.8 Å². The summed E-state index contributed by atoms with van der Waals surface area (Å²) < 4.78 is 12.5. The molecule has 0 aliphatic carbocycles. The van der Waals surface area contributed by atoms with E-state index in [-0.39, 0.29) is 40.3 Å². The van der Waals surface area contributed by atoms with Gasteiger partial charge in [-0.15, -0.1) is 0 Å². The Morgan fingerprint density at radius 3 is 2.52 bits per heavy atom. The molecular formula is C20H23N3O4. The molecule has 142 valence electrons. The fourth-order valence-electron chi connectivity index (χ4n) is 2.92. The third-order valence-corrected chi connectivity index (χ3v) is 4.27. The summed E-state index contributed by atoms with van der Waals surface area (Å²) in [6, 6.07) is 7.30. The van der Waals surface area contributed by atoms with Crippen molar-refractivity contribution in [2.45, 2.75) is 39.8 Å². The molecule has 27 heavy (non-hydrogen) atoms. The molecule has 2 heterocycles. The van der Waals surface area contributed by atoms with E-state index in [0.29, 0.717) is 5.76 Å². The lowest BCUT2D eigenvalue weighted by atomic mass is 10.1. The molecule has 0 radical (unpaired) electrons. The van der Waals surface area contributed by atoms with Gasteiger partial charge in [0.05, 0.1) is 17.7 Å². The van der Waals surface area contributed by atoms with E-state index in [1.165, 1.54) is 10.9 Å². The number of amides is 1. The number of hydrogen-bond acceptors (Lipinski definition) is 5. The first-order valence-corrected chi connectivity index (χ1v) is 8.80. The Balaban J connectivity index is 1.85. The minimum absolute atomic E-state index is 0.0987. The van der Waals surface area contributed by atoms with Gasteiger partial charge in [-0.05, 0) is 45.4 Å². The molecule has 0 aliphatic heterocycles. The number of benzene rings is 1. The van der Waals surface area contributed by atoms with Gasteiger partial charge >= 0.3 is 0 Å². The van der Waals surface area contributed by atoms with Gasteiger partial charge in [0.15, 0.2) is 0 Å². The van der Waals surface area contributed by atoms with Gasteiger partial charge in [-0.25, -0.2) is 4.98 Å². The molecule has 0 bridgehead atoms. The second-order valence-corrected chi connectivity index (χ2v) is 6.80. The second-order valence-electron chi connectivity index (χ2n) is 6.80. The SMILES string of the molecule is Cc1oc2ncn(C)c(=O)c2c1C(=O)NC(C)c1ccc(OC(C)C)cc1. The van der Waals surface area contributed by atoms with Crippen molar-refractivity contribution in [3.8, 4) is 5.75 Å². The van der Waals surface area contributed by atoms with Crippen molar-refractivity contribution < 1.29 is 13.9 Å². The lowest BCUT2D eigenvalue weighted by Crippen LogP contribution is -2.28. The van der Waals surface area contributed by atoms with Gasteiger partial charge in [0.2, 0.25) is 5.71 Å². The number of ether oxygens (including phenoxy) is 1. The van der Waals surface area contributed by atoms with E-state index in [9.17, 15) is 9.59 Å². The fourth-order valence-corrected chi connectivity index (χ4v) is 2.92. The minimum atomic E-state index is -0.369. The molecule has 0 saturated carbocycles. The Morgan fingerprint density at radius 2 is 1.89 bits per heavy atom. The summed E-state index contributed by atoms with van der Waals surface area (Å²) >= 11 is 0.